The maximum atomic E-state index is 12.5. The number of hydrogen-bond donors (Lipinski definition) is 3. The smallest absolute Gasteiger partial charge is 0.220 e. The van der Waals surface area contributed by atoms with E-state index >= 15 is 0 Å². The zero-order chi connectivity index (χ0) is 53.4. The highest BCUT2D eigenvalue weighted by atomic mass is 16.3. The summed E-state index contributed by atoms with van der Waals surface area (Å²) in [5, 5.41) is 23.3. The van der Waals surface area contributed by atoms with Crippen molar-refractivity contribution in [1.82, 2.24) is 5.32 Å². The number of hydrogen-bond acceptors (Lipinski definition) is 3. The van der Waals surface area contributed by atoms with E-state index in [1.165, 1.54) is 315 Å². The van der Waals surface area contributed by atoms with Gasteiger partial charge in [0.15, 0.2) is 0 Å². The fourth-order valence-corrected chi connectivity index (χ4v) is 10.7. The Kier molecular flexibility index (Phi) is 64.2. The summed E-state index contributed by atoms with van der Waals surface area (Å²) >= 11 is 0. The number of carbonyl (C=O) groups is 1. The lowest BCUT2D eigenvalue weighted by Gasteiger charge is -2.20. The van der Waals surface area contributed by atoms with Crippen LogP contribution in [-0.4, -0.2) is 34.9 Å². The van der Waals surface area contributed by atoms with Crippen molar-refractivity contribution in [3.8, 4) is 0 Å². The van der Waals surface area contributed by atoms with Crippen LogP contribution in [0.5, 0.6) is 0 Å². The summed E-state index contributed by atoms with van der Waals surface area (Å²) in [4.78, 5) is 12.5. The Balaban J connectivity index is 3.42. The van der Waals surface area contributed by atoms with E-state index in [1.807, 2.05) is 6.08 Å². The third-order valence-electron chi connectivity index (χ3n) is 15.8. The van der Waals surface area contributed by atoms with Crippen LogP contribution in [-0.2, 0) is 4.79 Å². The van der Waals surface area contributed by atoms with Gasteiger partial charge in [0.1, 0.15) is 0 Å². The summed E-state index contributed by atoms with van der Waals surface area (Å²) in [6.45, 7) is 4.34. The van der Waals surface area contributed by atoms with Crippen molar-refractivity contribution in [3.05, 3.63) is 48.6 Å². The molecule has 0 aromatic rings. The van der Waals surface area contributed by atoms with Gasteiger partial charge in [0.2, 0.25) is 5.91 Å². The highest BCUT2D eigenvalue weighted by Gasteiger charge is 2.18. The highest BCUT2D eigenvalue weighted by molar-refractivity contribution is 5.76. The van der Waals surface area contributed by atoms with Crippen LogP contribution in [0.2, 0.25) is 0 Å². The number of amides is 1. The number of aliphatic hydroxyl groups is 2. The van der Waals surface area contributed by atoms with Crippen molar-refractivity contribution in [2.24, 2.45) is 0 Å². The van der Waals surface area contributed by atoms with Crippen molar-refractivity contribution in [2.75, 3.05) is 6.61 Å². The van der Waals surface area contributed by atoms with E-state index in [9.17, 15) is 15.0 Å². The molecule has 0 heterocycles. The molecule has 0 radical (unpaired) electrons. The second-order valence-electron chi connectivity index (χ2n) is 23.2. The van der Waals surface area contributed by atoms with Gasteiger partial charge in [-0.3, -0.25) is 4.79 Å². The zero-order valence-electron chi connectivity index (χ0n) is 50.4. The minimum atomic E-state index is -0.840. The van der Waals surface area contributed by atoms with Crippen molar-refractivity contribution in [1.29, 1.82) is 0 Å². The van der Waals surface area contributed by atoms with Crippen molar-refractivity contribution < 1.29 is 15.0 Å². The number of allylic oxidation sites excluding steroid dienone is 7. The second kappa shape index (κ2) is 65.6. The quantitative estimate of drug-likeness (QED) is 0.0420. The summed E-state index contributed by atoms with van der Waals surface area (Å²) in [5.74, 6) is -0.0567. The molecule has 436 valence electrons. The molecule has 2 unspecified atom stereocenters. The molecule has 0 aliphatic carbocycles. The van der Waals surface area contributed by atoms with Gasteiger partial charge < -0.3 is 15.5 Å². The van der Waals surface area contributed by atoms with Gasteiger partial charge in [-0.05, 0) is 57.8 Å². The first-order chi connectivity index (χ1) is 36.7. The van der Waals surface area contributed by atoms with Gasteiger partial charge in [-0.1, -0.05) is 358 Å². The van der Waals surface area contributed by atoms with Gasteiger partial charge >= 0.3 is 0 Å². The highest BCUT2D eigenvalue weighted by Crippen LogP contribution is 2.19. The number of aliphatic hydroxyl groups excluding tert-OH is 2. The fraction of sp³-hybridized carbons (Fsp3) is 0.871. The predicted molar refractivity (Wildman–Crippen MR) is 331 cm³/mol. The maximum Gasteiger partial charge on any atom is 0.220 e. The summed E-state index contributed by atoms with van der Waals surface area (Å²) < 4.78 is 0. The first kappa shape index (κ1) is 72.3. The molecule has 74 heavy (non-hydrogen) atoms. The first-order valence-electron chi connectivity index (χ1n) is 33.9. The SMILES string of the molecule is CCCCCCC/C=C\C/C=C\C/C=C\CCCCCCCCCCCCCCCCCCCCCCCCC(=O)NC(CO)C(O)/C=C/CCCCCCCCCCCCCCCCCCCCCCCCC. The molecule has 3 N–H and O–H groups in total. The van der Waals surface area contributed by atoms with Crippen LogP contribution in [0.15, 0.2) is 48.6 Å². The van der Waals surface area contributed by atoms with Gasteiger partial charge in [0, 0.05) is 6.42 Å². The standard InChI is InChI=1S/C70H133NO3/c1-3-5-7-9-11-13-15-17-19-21-23-25-27-29-30-31-32-33-34-35-36-37-38-39-40-42-44-46-48-50-52-54-56-58-60-62-64-66-70(74)71-68(67-72)69(73)65-63-61-59-57-55-53-51-49-47-45-43-41-28-26-24-22-20-18-16-14-12-10-8-6-4-2/h15,17,21,23,27,29,63,65,68-69,72-73H,3-14,16,18-20,22,24-26,28,30-62,64,66-67H2,1-2H3,(H,71,74)/b17-15-,23-21-,29-27-,65-63+. The molecule has 2 atom stereocenters. The molecule has 0 aliphatic rings. The van der Waals surface area contributed by atoms with Crippen LogP contribution in [0.1, 0.15) is 373 Å². The molecule has 0 saturated heterocycles. The monoisotopic (exact) mass is 1040 g/mol. The molecular formula is C70H133NO3. The number of unbranched alkanes of at least 4 members (excludes halogenated alkanes) is 50. The summed E-state index contributed by atoms with van der Waals surface area (Å²) in [6.07, 6.45) is 91.9. The summed E-state index contributed by atoms with van der Waals surface area (Å²) in [6, 6.07) is -0.623. The van der Waals surface area contributed by atoms with Crippen LogP contribution in [0.25, 0.3) is 0 Å². The van der Waals surface area contributed by atoms with E-state index < -0.39 is 12.1 Å². The molecule has 0 aromatic heterocycles. The Morgan fingerprint density at radius 1 is 0.324 bits per heavy atom. The predicted octanol–water partition coefficient (Wildman–Crippen LogP) is 22.9. The van der Waals surface area contributed by atoms with Gasteiger partial charge in [-0.2, -0.15) is 0 Å². The zero-order valence-corrected chi connectivity index (χ0v) is 50.4. The normalized spacial score (nSPS) is 13.0. The average Bonchev–Trinajstić information content (AvgIpc) is 3.40. The molecular weight excluding hydrogens is 903 g/mol. The van der Waals surface area contributed by atoms with Gasteiger partial charge in [-0.25, -0.2) is 0 Å². The Bertz CT molecular complexity index is 1170. The third-order valence-corrected chi connectivity index (χ3v) is 15.8. The van der Waals surface area contributed by atoms with E-state index in [4.69, 9.17) is 0 Å². The van der Waals surface area contributed by atoms with E-state index in [0.29, 0.717) is 6.42 Å². The summed E-state index contributed by atoms with van der Waals surface area (Å²) in [5.41, 5.74) is 0. The largest absolute Gasteiger partial charge is 0.394 e. The maximum absolute atomic E-state index is 12.5. The van der Waals surface area contributed by atoms with Crippen LogP contribution in [0.3, 0.4) is 0 Å². The van der Waals surface area contributed by atoms with Crippen molar-refractivity contribution in [2.45, 2.75) is 386 Å². The van der Waals surface area contributed by atoms with E-state index in [0.717, 1.165) is 38.5 Å². The molecule has 4 heteroatoms. The van der Waals surface area contributed by atoms with Crippen LogP contribution < -0.4 is 5.32 Å². The van der Waals surface area contributed by atoms with Crippen molar-refractivity contribution in [3.63, 3.8) is 0 Å². The number of nitrogens with one attached hydrogen (secondary N) is 1. The lowest BCUT2D eigenvalue weighted by Crippen LogP contribution is -2.45. The van der Waals surface area contributed by atoms with Gasteiger partial charge in [0.05, 0.1) is 18.8 Å². The minimum Gasteiger partial charge on any atom is -0.394 e. The van der Waals surface area contributed by atoms with Crippen LogP contribution >= 0.6 is 0 Å². The Morgan fingerprint density at radius 3 is 0.824 bits per heavy atom. The molecule has 0 rings (SSSR count). The fourth-order valence-electron chi connectivity index (χ4n) is 10.7. The first-order valence-corrected chi connectivity index (χ1v) is 33.9. The molecule has 0 saturated carbocycles. The average molecular weight is 1040 g/mol. The van der Waals surface area contributed by atoms with Crippen molar-refractivity contribution >= 4 is 5.91 Å². The molecule has 4 nitrogen and oxygen atoms in total. The molecule has 0 aromatic carbocycles. The Labute approximate surface area is 464 Å². The second-order valence-corrected chi connectivity index (χ2v) is 23.2. The van der Waals surface area contributed by atoms with E-state index in [1.54, 1.807) is 6.08 Å². The summed E-state index contributed by atoms with van der Waals surface area (Å²) in [7, 11) is 0. The van der Waals surface area contributed by atoms with Crippen LogP contribution in [0, 0.1) is 0 Å². The van der Waals surface area contributed by atoms with E-state index in [2.05, 4.69) is 55.6 Å². The lowest BCUT2D eigenvalue weighted by atomic mass is 10.0. The van der Waals surface area contributed by atoms with Gasteiger partial charge in [0.25, 0.3) is 0 Å². The van der Waals surface area contributed by atoms with Gasteiger partial charge in [-0.15, -0.1) is 0 Å². The topological polar surface area (TPSA) is 69.6 Å². The third kappa shape index (κ3) is 61.2. The molecule has 0 aliphatic heterocycles. The molecule has 1 amide bonds. The minimum absolute atomic E-state index is 0.0567. The molecule has 0 spiro atoms. The van der Waals surface area contributed by atoms with E-state index in [-0.39, 0.29) is 12.5 Å². The molecule has 0 bridgehead atoms. The number of rotatable bonds is 63. The lowest BCUT2D eigenvalue weighted by molar-refractivity contribution is -0.123. The Morgan fingerprint density at radius 2 is 0.554 bits per heavy atom. The number of carbonyl (C=O) groups excluding carboxylic acids is 1. The van der Waals surface area contributed by atoms with Crippen LogP contribution in [0.4, 0.5) is 0 Å². The molecule has 0 fully saturated rings. The Hall–Kier alpha value is -1.65.